The lowest BCUT2D eigenvalue weighted by molar-refractivity contribution is 0.159. The van der Waals surface area contributed by atoms with Crippen LogP contribution in [-0.4, -0.2) is 65.1 Å². The molecule has 1 saturated heterocycles. The van der Waals surface area contributed by atoms with Gasteiger partial charge in [0.2, 0.25) is 10.0 Å². The first-order valence-corrected chi connectivity index (χ1v) is 11.7. The number of aliphatic imine (C=N–C) groups is 1. The Balaban J connectivity index is 0.00000420. The summed E-state index contributed by atoms with van der Waals surface area (Å²) in [6.45, 7) is 8.15. The summed E-state index contributed by atoms with van der Waals surface area (Å²) in [4.78, 5) is 7.03. The van der Waals surface area contributed by atoms with Crippen molar-refractivity contribution in [1.82, 2.24) is 20.3 Å². The van der Waals surface area contributed by atoms with Gasteiger partial charge in [0.1, 0.15) is 0 Å². The van der Waals surface area contributed by atoms with E-state index >= 15 is 0 Å². The Morgan fingerprint density at radius 1 is 1.14 bits per heavy atom. The minimum absolute atomic E-state index is 0. The first-order valence-electron chi connectivity index (χ1n) is 10.2. The molecule has 1 heterocycles. The lowest BCUT2D eigenvalue weighted by Gasteiger charge is -2.33. The van der Waals surface area contributed by atoms with Crippen LogP contribution < -0.4 is 15.4 Å². The topological polar surface area (TPSA) is 85.8 Å². The molecule has 0 spiro atoms. The molecule has 1 atom stereocenters. The van der Waals surface area contributed by atoms with Crippen LogP contribution >= 0.6 is 24.0 Å². The smallest absolute Gasteiger partial charge is 0.240 e. The quantitative estimate of drug-likeness (QED) is 0.195. The maximum atomic E-state index is 12.3. The minimum Gasteiger partial charge on any atom is -0.356 e. The van der Waals surface area contributed by atoms with E-state index in [1.54, 1.807) is 31.3 Å². The summed E-state index contributed by atoms with van der Waals surface area (Å²) in [6.07, 6.45) is 5.01. The zero-order chi connectivity index (χ0) is 20.4. The molecular formula is C20H36IN5O2S. The largest absolute Gasteiger partial charge is 0.356 e. The van der Waals surface area contributed by atoms with Gasteiger partial charge >= 0.3 is 0 Å². The molecule has 166 valence electrons. The van der Waals surface area contributed by atoms with E-state index in [9.17, 15) is 8.42 Å². The molecule has 0 aromatic heterocycles. The molecule has 1 unspecified atom stereocenters. The van der Waals surface area contributed by atoms with Gasteiger partial charge in [0.25, 0.3) is 0 Å². The zero-order valence-corrected chi connectivity index (χ0v) is 20.9. The number of sulfonamides is 1. The van der Waals surface area contributed by atoms with Crippen LogP contribution in [0.4, 0.5) is 0 Å². The number of aryl methyl sites for hydroxylation is 1. The van der Waals surface area contributed by atoms with Crippen LogP contribution in [-0.2, 0) is 10.0 Å². The average Bonchev–Trinajstić information content (AvgIpc) is 2.68. The molecule has 7 nitrogen and oxygen atoms in total. The van der Waals surface area contributed by atoms with Gasteiger partial charge in [-0.25, -0.2) is 13.1 Å². The van der Waals surface area contributed by atoms with Crippen molar-refractivity contribution in [2.45, 2.75) is 50.5 Å². The number of rotatable bonds is 9. The van der Waals surface area contributed by atoms with E-state index in [-0.39, 0.29) is 28.9 Å². The molecule has 2 rings (SSSR count). The molecular weight excluding hydrogens is 501 g/mol. The summed E-state index contributed by atoms with van der Waals surface area (Å²) in [5.74, 6) is 0.696. The second-order valence-electron chi connectivity index (χ2n) is 7.37. The third kappa shape index (κ3) is 9.18. The fourth-order valence-corrected chi connectivity index (χ4v) is 4.40. The highest BCUT2D eigenvalue weighted by atomic mass is 127. The van der Waals surface area contributed by atoms with Gasteiger partial charge in [-0.2, -0.15) is 0 Å². The molecule has 0 amide bonds. The summed E-state index contributed by atoms with van der Waals surface area (Å²) in [6, 6.07) is 7.52. The Kier molecular flexibility index (Phi) is 12.1. The Morgan fingerprint density at radius 3 is 2.48 bits per heavy atom. The maximum absolute atomic E-state index is 12.3. The lowest BCUT2D eigenvalue weighted by Crippen LogP contribution is -2.43. The normalized spacial score (nSPS) is 18.2. The molecule has 9 heteroatoms. The van der Waals surface area contributed by atoms with Gasteiger partial charge in [0.05, 0.1) is 4.90 Å². The van der Waals surface area contributed by atoms with Crippen LogP contribution in [0, 0.1) is 6.92 Å². The Bertz CT molecular complexity index is 725. The first-order chi connectivity index (χ1) is 13.4. The molecule has 1 aromatic rings. The van der Waals surface area contributed by atoms with Gasteiger partial charge < -0.3 is 15.5 Å². The fourth-order valence-electron chi connectivity index (χ4n) is 3.37. The SMILES string of the molecule is CN=C(NCCCN1CCCCC1C)NCCNS(=O)(=O)c1ccc(C)cc1.I. The molecule has 1 aliphatic rings. The third-order valence-corrected chi connectivity index (χ3v) is 6.60. The first kappa shape index (κ1) is 26.1. The number of nitrogens with one attached hydrogen (secondary N) is 3. The summed E-state index contributed by atoms with van der Waals surface area (Å²) < 4.78 is 27.1. The number of likely N-dealkylation sites (tertiary alicyclic amines) is 1. The number of hydrogen-bond acceptors (Lipinski definition) is 4. The number of halogens is 1. The predicted molar refractivity (Wildman–Crippen MR) is 131 cm³/mol. The molecule has 0 radical (unpaired) electrons. The highest BCUT2D eigenvalue weighted by Gasteiger charge is 2.17. The van der Waals surface area contributed by atoms with Crippen molar-refractivity contribution in [3.63, 3.8) is 0 Å². The van der Waals surface area contributed by atoms with E-state index in [0.29, 0.717) is 25.1 Å². The number of benzene rings is 1. The number of hydrogen-bond donors (Lipinski definition) is 3. The van der Waals surface area contributed by atoms with Crippen LogP contribution in [0.2, 0.25) is 0 Å². The summed E-state index contributed by atoms with van der Waals surface area (Å²) in [5, 5.41) is 6.44. The van der Waals surface area contributed by atoms with E-state index in [0.717, 1.165) is 25.1 Å². The van der Waals surface area contributed by atoms with Crippen molar-refractivity contribution >= 4 is 40.0 Å². The van der Waals surface area contributed by atoms with Crippen LogP contribution in [0.15, 0.2) is 34.2 Å². The second-order valence-corrected chi connectivity index (χ2v) is 9.14. The van der Waals surface area contributed by atoms with Gasteiger partial charge in [-0.05, 0) is 51.8 Å². The monoisotopic (exact) mass is 537 g/mol. The van der Waals surface area contributed by atoms with Crippen LogP contribution in [0.1, 0.15) is 38.2 Å². The minimum atomic E-state index is -3.48. The van der Waals surface area contributed by atoms with Crippen molar-refractivity contribution in [3.05, 3.63) is 29.8 Å². The zero-order valence-electron chi connectivity index (χ0n) is 17.8. The number of piperidine rings is 1. The van der Waals surface area contributed by atoms with Crippen molar-refractivity contribution in [3.8, 4) is 0 Å². The van der Waals surface area contributed by atoms with E-state index in [4.69, 9.17) is 0 Å². The van der Waals surface area contributed by atoms with Crippen LogP contribution in [0.3, 0.4) is 0 Å². The molecule has 0 aliphatic carbocycles. The molecule has 1 aliphatic heterocycles. The Labute approximate surface area is 193 Å². The summed E-state index contributed by atoms with van der Waals surface area (Å²) in [5.41, 5.74) is 1.03. The standard InChI is InChI=1S/C20H35N5O2S.HI/c1-17-8-10-19(11-9-17)28(26,27)24-14-13-23-20(21-3)22-12-6-16-25-15-5-4-7-18(25)2;/h8-11,18,24H,4-7,12-16H2,1-3H3,(H2,21,22,23);1H. The lowest BCUT2D eigenvalue weighted by atomic mass is 10.0. The Hall–Kier alpha value is -0.910. The fraction of sp³-hybridized carbons (Fsp3) is 0.650. The van der Waals surface area contributed by atoms with Crippen LogP contribution in [0.5, 0.6) is 0 Å². The van der Waals surface area contributed by atoms with Gasteiger partial charge in [-0.15, -0.1) is 24.0 Å². The van der Waals surface area contributed by atoms with Crippen molar-refractivity contribution in [2.75, 3.05) is 39.8 Å². The van der Waals surface area contributed by atoms with Crippen molar-refractivity contribution in [2.24, 2.45) is 4.99 Å². The van der Waals surface area contributed by atoms with Gasteiger partial charge in [-0.3, -0.25) is 4.99 Å². The van der Waals surface area contributed by atoms with Crippen LogP contribution in [0.25, 0.3) is 0 Å². The molecule has 29 heavy (non-hydrogen) atoms. The second kappa shape index (κ2) is 13.4. The predicted octanol–water partition coefficient (Wildman–Crippen LogP) is 2.32. The van der Waals surface area contributed by atoms with Gasteiger partial charge in [-0.1, -0.05) is 24.1 Å². The van der Waals surface area contributed by atoms with E-state index in [1.165, 1.54) is 25.8 Å². The molecule has 0 saturated carbocycles. The van der Waals surface area contributed by atoms with E-state index in [1.807, 2.05) is 6.92 Å². The third-order valence-electron chi connectivity index (χ3n) is 5.12. The van der Waals surface area contributed by atoms with Gasteiger partial charge in [0.15, 0.2) is 5.96 Å². The van der Waals surface area contributed by atoms with E-state index in [2.05, 4.69) is 32.2 Å². The van der Waals surface area contributed by atoms with Crippen molar-refractivity contribution in [1.29, 1.82) is 0 Å². The number of guanidine groups is 1. The molecule has 0 bridgehead atoms. The van der Waals surface area contributed by atoms with E-state index < -0.39 is 10.0 Å². The van der Waals surface area contributed by atoms with Crippen molar-refractivity contribution < 1.29 is 8.42 Å². The maximum Gasteiger partial charge on any atom is 0.240 e. The average molecular weight is 538 g/mol. The highest BCUT2D eigenvalue weighted by molar-refractivity contribution is 14.0. The summed E-state index contributed by atoms with van der Waals surface area (Å²) in [7, 11) is -1.76. The Morgan fingerprint density at radius 2 is 1.83 bits per heavy atom. The highest BCUT2D eigenvalue weighted by Crippen LogP contribution is 2.16. The summed E-state index contributed by atoms with van der Waals surface area (Å²) >= 11 is 0. The number of nitrogens with zero attached hydrogens (tertiary/aromatic N) is 2. The molecule has 1 fully saturated rings. The van der Waals surface area contributed by atoms with Gasteiger partial charge in [0, 0.05) is 39.3 Å². The molecule has 3 N–H and O–H groups in total. The molecule has 1 aromatic carbocycles.